The van der Waals surface area contributed by atoms with Crippen molar-refractivity contribution in [3.05, 3.63) is 65.7 Å². The lowest BCUT2D eigenvalue weighted by Gasteiger charge is -2.33. The van der Waals surface area contributed by atoms with Crippen LogP contribution in [0.5, 0.6) is 0 Å². The molecule has 0 spiro atoms. The van der Waals surface area contributed by atoms with E-state index >= 15 is 0 Å². The van der Waals surface area contributed by atoms with Crippen molar-refractivity contribution in [1.29, 1.82) is 0 Å². The maximum Gasteiger partial charge on any atom is 0.140 e. The van der Waals surface area contributed by atoms with E-state index in [0.29, 0.717) is 6.61 Å². The second-order valence-electron chi connectivity index (χ2n) is 6.79. The first-order chi connectivity index (χ1) is 12.7. The Bertz CT molecular complexity index is 884. The Hall–Kier alpha value is -2.53. The Morgan fingerprint density at radius 1 is 1.08 bits per heavy atom. The predicted octanol–water partition coefficient (Wildman–Crippen LogP) is 4.26. The van der Waals surface area contributed by atoms with Crippen molar-refractivity contribution >= 4 is 16.7 Å². The van der Waals surface area contributed by atoms with Gasteiger partial charge in [0.15, 0.2) is 0 Å². The Balaban J connectivity index is 1.40. The summed E-state index contributed by atoms with van der Waals surface area (Å²) in [5.74, 6) is 0.805. The molecule has 0 atom stereocenters. The van der Waals surface area contributed by atoms with Gasteiger partial charge in [0.2, 0.25) is 0 Å². The van der Waals surface area contributed by atoms with E-state index in [1.807, 2.05) is 12.1 Å². The third-order valence-electron chi connectivity index (χ3n) is 4.99. The number of fused-ring (bicyclic) bond motifs is 1. The van der Waals surface area contributed by atoms with Crippen molar-refractivity contribution in [2.75, 3.05) is 18.0 Å². The van der Waals surface area contributed by atoms with Gasteiger partial charge in [0.1, 0.15) is 18.0 Å². The van der Waals surface area contributed by atoms with Crippen LogP contribution in [0.2, 0.25) is 0 Å². The number of hydrogen-bond acceptors (Lipinski definition) is 4. The van der Waals surface area contributed by atoms with Crippen LogP contribution < -0.4 is 4.90 Å². The third kappa shape index (κ3) is 3.53. The number of rotatable bonds is 4. The molecule has 4 rings (SSSR count). The van der Waals surface area contributed by atoms with E-state index < -0.39 is 0 Å². The van der Waals surface area contributed by atoms with Gasteiger partial charge >= 0.3 is 0 Å². The molecule has 0 aliphatic carbocycles. The van der Waals surface area contributed by atoms with Gasteiger partial charge in [0.05, 0.1) is 18.2 Å². The lowest BCUT2D eigenvalue weighted by molar-refractivity contribution is 0.0250. The first-order valence-corrected chi connectivity index (χ1v) is 9.02. The van der Waals surface area contributed by atoms with Crippen LogP contribution in [0.1, 0.15) is 24.0 Å². The molecule has 1 aliphatic rings. The quantitative estimate of drug-likeness (QED) is 0.704. The fourth-order valence-corrected chi connectivity index (χ4v) is 3.53. The summed E-state index contributed by atoms with van der Waals surface area (Å²) in [6.45, 7) is 4.46. The molecule has 2 heterocycles. The molecule has 1 saturated heterocycles. The standard InChI is InChI=1S/C21H22FN3O/c1-15-3-2-4-19-20(15)21(24-14-23-19)25-11-9-18(10-12-25)26-13-16-5-7-17(22)8-6-16/h2-8,14,18H,9-13H2,1H3. The van der Waals surface area contributed by atoms with Crippen molar-refractivity contribution in [2.24, 2.45) is 0 Å². The molecule has 0 radical (unpaired) electrons. The number of benzene rings is 2. The van der Waals surface area contributed by atoms with Crippen LogP contribution in [0.3, 0.4) is 0 Å². The van der Waals surface area contributed by atoms with Crippen LogP contribution >= 0.6 is 0 Å². The number of halogens is 1. The van der Waals surface area contributed by atoms with E-state index in [-0.39, 0.29) is 11.9 Å². The molecule has 1 aliphatic heterocycles. The van der Waals surface area contributed by atoms with Gasteiger partial charge in [-0.1, -0.05) is 24.3 Å². The highest BCUT2D eigenvalue weighted by Crippen LogP contribution is 2.28. The second-order valence-corrected chi connectivity index (χ2v) is 6.79. The SMILES string of the molecule is Cc1cccc2ncnc(N3CCC(OCc4ccc(F)cc4)CC3)c12. The van der Waals surface area contributed by atoms with Crippen molar-refractivity contribution in [1.82, 2.24) is 9.97 Å². The topological polar surface area (TPSA) is 38.2 Å². The molecule has 2 aromatic carbocycles. The summed E-state index contributed by atoms with van der Waals surface area (Å²) < 4.78 is 19.0. The molecular weight excluding hydrogens is 329 g/mol. The first-order valence-electron chi connectivity index (χ1n) is 9.02. The van der Waals surface area contributed by atoms with Crippen molar-refractivity contribution in [3.8, 4) is 0 Å². The average Bonchev–Trinajstić information content (AvgIpc) is 2.68. The molecule has 26 heavy (non-hydrogen) atoms. The lowest BCUT2D eigenvalue weighted by Crippen LogP contribution is -2.37. The Kier molecular flexibility index (Phi) is 4.80. The molecule has 134 valence electrons. The number of ether oxygens (including phenoxy) is 1. The zero-order chi connectivity index (χ0) is 17.9. The third-order valence-corrected chi connectivity index (χ3v) is 4.99. The van der Waals surface area contributed by atoms with Crippen LogP contribution in [0.25, 0.3) is 10.9 Å². The number of anilines is 1. The summed E-state index contributed by atoms with van der Waals surface area (Å²) in [4.78, 5) is 11.3. The smallest absolute Gasteiger partial charge is 0.140 e. The lowest BCUT2D eigenvalue weighted by atomic mass is 10.1. The van der Waals surface area contributed by atoms with Gasteiger partial charge in [-0.2, -0.15) is 0 Å². The Labute approximate surface area is 152 Å². The summed E-state index contributed by atoms with van der Waals surface area (Å²) in [7, 11) is 0. The van der Waals surface area contributed by atoms with Gasteiger partial charge in [-0.25, -0.2) is 14.4 Å². The minimum Gasteiger partial charge on any atom is -0.373 e. The molecule has 0 saturated carbocycles. The fraction of sp³-hybridized carbons (Fsp3) is 0.333. The van der Waals surface area contributed by atoms with Crippen molar-refractivity contribution < 1.29 is 9.13 Å². The fourth-order valence-electron chi connectivity index (χ4n) is 3.53. The van der Waals surface area contributed by atoms with E-state index in [1.54, 1.807) is 18.5 Å². The minimum atomic E-state index is -0.213. The summed E-state index contributed by atoms with van der Waals surface area (Å²) >= 11 is 0. The second kappa shape index (κ2) is 7.38. The van der Waals surface area contributed by atoms with Gasteiger partial charge in [0, 0.05) is 18.5 Å². The molecule has 0 amide bonds. The molecule has 1 fully saturated rings. The molecule has 0 N–H and O–H groups in total. The highest BCUT2D eigenvalue weighted by Gasteiger charge is 2.22. The molecule has 0 unspecified atom stereocenters. The van der Waals surface area contributed by atoms with Crippen LogP contribution in [0.4, 0.5) is 10.2 Å². The number of nitrogens with zero attached hydrogens (tertiary/aromatic N) is 3. The molecular formula is C21H22FN3O. The molecule has 3 aromatic rings. The summed E-state index contributed by atoms with van der Waals surface area (Å²) in [5, 5.41) is 1.14. The van der Waals surface area contributed by atoms with E-state index in [1.165, 1.54) is 17.7 Å². The minimum absolute atomic E-state index is 0.213. The van der Waals surface area contributed by atoms with Gasteiger partial charge in [-0.3, -0.25) is 0 Å². The van der Waals surface area contributed by atoms with Crippen molar-refractivity contribution in [2.45, 2.75) is 32.5 Å². The van der Waals surface area contributed by atoms with Crippen LogP contribution in [-0.2, 0) is 11.3 Å². The number of hydrogen-bond donors (Lipinski definition) is 0. The van der Waals surface area contributed by atoms with Gasteiger partial charge < -0.3 is 9.64 Å². The normalized spacial score (nSPS) is 15.5. The van der Waals surface area contributed by atoms with Gasteiger partial charge in [-0.15, -0.1) is 0 Å². The van der Waals surface area contributed by atoms with Gasteiger partial charge in [0.25, 0.3) is 0 Å². The van der Waals surface area contributed by atoms with Crippen LogP contribution in [-0.4, -0.2) is 29.2 Å². The molecule has 4 nitrogen and oxygen atoms in total. The van der Waals surface area contributed by atoms with E-state index in [2.05, 4.69) is 27.9 Å². The van der Waals surface area contributed by atoms with E-state index in [9.17, 15) is 4.39 Å². The monoisotopic (exact) mass is 351 g/mol. The zero-order valence-corrected chi connectivity index (χ0v) is 14.9. The van der Waals surface area contributed by atoms with E-state index in [0.717, 1.165) is 48.2 Å². The molecule has 0 bridgehead atoms. The zero-order valence-electron chi connectivity index (χ0n) is 14.9. The number of aromatic nitrogens is 2. The average molecular weight is 351 g/mol. The van der Waals surface area contributed by atoms with Crippen molar-refractivity contribution in [3.63, 3.8) is 0 Å². The summed E-state index contributed by atoms with van der Waals surface area (Å²) in [6, 6.07) is 12.7. The summed E-state index contributed by atoms with van der Waals surface area (Å²) in [6.07, 6.45) is 3.79. The molecule has 1 aromatic heterocycles. The number of piperidine rings is 1. The van der Waals surface area contributed by atoms with Gasteiger partial charge in [-0.05, 0) is 49.1 Å². The van der Waals surface area contributed by atoms with Crippen LogP contribution in [0, 0.1) is 12.7 Å². The number of aryl methyl sites for hydroxylation is 1. The molecule has 5 heteroatoms. The maximum absolute atomic E-state index is 13.0. The van der Waals surface area contributed by atoms with Crippen LogP contribution in [0.15, 0.2) is 48.8 Å². The maximum atomic E-state index is 13.0. The van der Waals surface area contributed by atoms with E-state index in [4.69, 9.17) is 4.74 Å². The highest BCUT2D eigenvalue weighted by molar-refractivity contribution is 5.92. The predicted molar refractivity (Wildman–Crippen MR) is 101 cm³/mol. The Morgan fingerprint density at radius 3 is 2.62 bits per heavy atom. The largest absolute Gasteiger partial charge is 0.373 e. The summed E-state index contributed by atoms with van der Waals surface area (Å²) in [5.41, 5.74) is 3.20. The highest BCUT2D eigenvalue weighted by atomic mass is 19.1. The first kappa shape index (κ1) is 16.9. The Morgan fingerprint density at radius 2 is 1.85 bits per heavy atom.